The number of halogens is 1. The van der Waals surface area contributed by atoms with E-state index < -0.39 is 0 Å². The van der Waals surface area contributed by atoms with E-state index in [4.69, 9.17) is 0 Å². The van der Waals surface area contributed by atoms with Crippen LogP contribution < -0.4 is 10.6 Å². The number of nitrogens with zero attached hydrogens (tertiary/aromatic N) is 4. The summed E-state index contributed by atoms with van der Waals surface area (Å²) in [4.78, 5) is 4.28. The zero-order valence-corrected chi connectivity index (χ0v) is 17.8. The van der Waals surface area contributed by atoms with Gasteiger partial charge in [-0.25, -0.2) is 0 Å². The average Bonchev–Trinajstić information content (AvgIpc) is 3.05. The Morgan fingerprint density at radius 1 is 1.24 bits per heavy atom. The van der Waals surface area contributed by atoms with Gasteiger partial charge in [-0.2, -0.15) is 0 Å². The van der Waals surface area contributed by atoms with E-state index in [9.17, 15) is 0 Å². The highest BCUT2D eigenvalue weighted by atomic mass is 127. The van der Waals surface area contributed by atoms with E-state index in [0.29, 0.717) is 5.92 Å². The molecular weight excluding hydrogens is 427 g/mol. The van der Waals surface area contributed by atoms with Crippen LogP contribution in [0.2, 0.25) is 0 Å². The minimum Gasteiger partial charge on any atom is -0.356 e. The molecule has 138 valence electrons. The van der Waals surface area contributed by atoms with Gasteiger partial charge >= 0.3 is 0 Å². The van der Waals surface area contributed by atoms with Crippen LogP contribution in [0.3, 0.4) is 0 Å². The van der Waals surface area contributed by atoms with Gasteiger partial charge in [-0.05, 0) is 18.4 Å². The summed E-state index contributed by atoms with van der Waals surface area (Å²) in [5, 5.41) is 14.8. The lowest BCUT2D eigenvalue weighted by Crippen LogP contribution is -2.40. The minimum absolute atomic E-state index is 0. The first kappa shape index (κ1) is 21.4. The molecule has 0 radical (unpaired) electrons. The van der Waals surface area contributed by atoms with Crippen molar-refractivity contribution in [2.24, 2.45) is 4.99 Å². The van der Waals surface area contributed by atoms with Crippen LogP contribution in [0.15, 0.2) is 35.6 Å². The quantitative estimate of drug-likeness (QED) is 0.382. The maximum atomic E-state index is 4.28. The lowest BCUT2D eigenvalue weighted by Gasteiger charge is -2.17. The van der Waals surface area contributed by atoms with Crippen molar-refractivity contribution in [3.05, 3.63) is 47.5 Å². The van der Waals surface area contributed by atoms with Crippen molar-refractivity contribution in [3.8, 4) is 0 Å². The Bertz CT molecular complexity index is 650. The van der Waals surface area contributed by atoms with Gasteiger partial charge in [-0.15, -0.1) is 34.2 Å². The van der Waals surface area contributed by atoms with Gasteiger partial charge in [0.1, 0.15) is 12.2 Å². The van der Waals surface area contributed by atoms with Crippen LogP contribution in [0.1, 0.15) is 36.7 Å². The second-order valence-electron chi connectivity index (χ2n) is 5.99. The van der Waals surface area contributed by atoms with E-state index in [-0.39, 0.29) is 24.0 Å². The van der Waals surface area contributed by atoms with E-state index in [1.54, 1.807) is 13.4 Å². The maximum absolute atomic E-state index is 4.28. The van der Waals surface area contributed by atoms with Gasteiger partial charge in [0.2, 0.25) is 0 Å². The Balaban J connectivity index is 0.00000312. The van der Waals surface area contributed by atoms with E-state index in [0.717, 1.165) is 37.8 Å². The molecule has 6 nitrogen and oxygen atoms in total. The molecule has 0 fully saturated rings. The highest BCUT2D eigenvalue weighted by Gasteiger charge is 2.07. The summed E-state index contributed by atoms with van der Waals surface area (Å²) in [7, 11) is 1.79. The fraction of sp³-hybridized carbons (Fsp3) is 0.500. The van der Waals surface area contributed by atoms with E-state index in [1.165, 1.54) is 11.1 Å². The van der Waals surface area contributed by atoms with Crippen LogP contribution in [0.5, 0.6) is 0 Å². The standard InChI is InChI=1S/C18H28N6.HI/c1-5-17-23-22-13-24(17)11-10-20-18(19-4)21-12-15(3)16-8-6-14(2)7-9-16;/h6-9,13,15H,5,10-12H2,1-4H3,(H2,19,20,21);1H. The van der Waals surface area contributed by atoms with Crippen molar-refractivity contribution in [2.45, 2.75) is 39.7 Å². The van der Waals surface area contributed by atoms with Crippen LogP contribution in [0, 0.1) is 6.92 Å². The van der Waals surface area contributed by atoms with Crippen molar-refractivity contribution >= 4 is 29.9 Å². The molecule has 0 aliphatic heterocycles. The van der Waals surface area contributed by atoms with Crippen LogP contribution >= 0.6 is 24.0 Å². The first-order valence-corrected chi connectivity index (χ1v) is 8.51. The molecule has 1 atom stereocenters. The Morgan fingerprint density at radius 2 is 1.96 bits per heavy atom. The second-order valence-corrected chi connectivity index (χ2v) is 5.99. The Hall–Kier alpha value is -1.64. The highest BCUT2D eigenvalue weighted by Crippen LogP contribution is 2.14. The Kier molecular flexibility index (Phi) is 9.48. The molecule has 1 heterocycles. The van der Waals surface area contributed by atoms with Crippen LogP contribution in [-0.2, 0) is 13.0 Å². The van der Waals surface area contributed by atoms with Crippen LogP contribution in [0.4, 0.5) is 0 Å². The fourth-order valence-electron chi connectivity index (χ4n) is 2.52. The number of aliphatic imine (C=N–C) groups is 1. The Morgan fingerprint density at radius 3 is 2.60 bits per heavy atom. The highest BCUT2D eigenvalue weighted by molar-refractivity contribution is 14.0. The number of nitrogens with one attached hydrogen (secondary N) is 2. The van der Waals surface area contributed by atoms with Crippen molar-refractivity contribution in [2.75, 3.05) is 20.1 Å². The first-order valence-electron chi connectivity index (χ1n) is 8.51. The summed E-state index contributed by atoms with van der Waals surface area (Å²) >= 11 is 0. The molecule has 0 bridgehead atoms. The number of hydrogen-bond donors (Lipinski definition) is 2. The summed E-state index contributed by atoms with van der Waals surface area (Å²) in [5.74, 6) is 2.25. The molecule has 0 aliphatic rings. The molecule has 25 heavy (non-hydrogen) atoms. The SMILES string of the molecule is CCc1nncn1CCNC(=NC)NCC(C)c1ccc(C)cc1.I. The third kappa shape index (κ3) is 6.64. The molecular formula is C18H29IN6. The zero-order chi connectivity index (χ0) is 17.4. The van der Waals surface area contributed by atoms with E-state index in [1.807, 2.05) is 0 Å². The maximum Gasteiger partial charge on any atom is 0.191 e. The number of rotatable bonds is 7. The zero-order valence-electron chi connectivity index (χ0n) is 15.5. The molecule has 2 N–H and O–H groups in total. The number of guanidine groups is 1. The number of hydrogen-bond acceptors (Lipinski definition) is 3. The van der Waals surface area contributed by atoms with Crippen LogP contribution in [0.25, 0.3) is 0 Å². The van der Waals surface area contributed by atoms with Gasteiger partial charge in [0.05, 0.1) is 0 Å². The largest absolute Gasteiger partial charge is 0.356 e. The molecule has 0 saturated carbocycles. The molecule has 1 aromatic carbocycles. The predicted octanol–water partition coefficient (Wildman–Crippen LogP) is 2.74. The third-order valence-corrected chi connectivity index (χ3v) is 4.10. The van der Waals surface area contributed by atoms with Crippen molar-refractivity contribution in [1.82, 2.24) is 25.4 Å². The lowest BCUT2D eigenvalue weighted by molar-refractivity contribution is 0.627. The molecule has 0 spiro atoms. The number of aromatic nitrogens is 3. The van der Waals surface area contributed by atoms with E-state index >= 15 is 0 Å². The summed E-state index contributed by atoms with van der Waals surface area (Å²) in [5.41, 5.74) is 2.62. The number of benzene rings is 1. The molecule has 7 heteroatoms. The molecule has 2 rings (SSSR count). The second kappa shape index (κ2) is 11.1. The van der Waals surface area contributed by atoms with Crippen LogP contribution in [-0.4, -0.2) is 40.9 Å². The monoisotopic (exact) mass is 456 g/mol. The molecule has 1 unspecified atom stereocenters. The summed E-state index contributed by atoms with van der Waals surface area (Å²) < 4.78 is 2.06. The molecule has 0 aliphatic carbocycles. The van der Waals surface area contributed by atoms with Gasteiger partial charge in [-0.3, -0.25) is 4.99 Å². The first-order chi connectivity index (χ1) is 11.6. The summed E-state index contributed by atoms with van der Waals surface area (Å²) in [6.07, 6.45) is 2.66. The summed E-state index contributed by atoms with van der Waals surface area (Å²) in [6.45, 7) is 8.86. The van der Waals surface area contributed by atoms with Gasteiger partial charge in [0, 0.05) is 33.1 Å². The molecule has 0 saturated heterocycles. The topological polar surface area (TPSA) is 67.1 Å². The van der Waals surface area contributed by atoms with Crippen molar-refractivity contribution in [3.63, 3.8) is 0 Å². The van der Waals surface area contributed by atoms with Gasteiger partial charge in [0.25, 0.3) is 0 Å². The van der Waals surface area contributed by atoms with Gasteiger partial charge in [-0.1, -0.05) is 43.7 Å². The molecule has 0 amide bonds. The molecule has 2 aromatic rings. The average molecular weight is 456 g/mol. The van der Waals surface area contributed by atoms with Gasteiger partial charge < -0.3 is 15.2 Å². The smallest absolute Gasteiger partial charge is 0.191 e. The predicted molar refractivity (Wildman–Crippen MR) is 114 cm³/mol. The van der Waals surface area contributed by atoms with Crippen molar-refractivity contribution < 1.29 is 0 Å². The Labute approximate surface area is 167 Å². The van der Waals surface area contributed by atoms with E-state index in [2.05, 4.69) is 75.4 Å². The van der Waals surface area contributed by atoms with Crippen molar-refractivity contribution in [1.29, 1.82) is 0 Å². The minimum atomic E-state index is 0. The third-order valence-electron chi connectivity index (χ3n) is 4.10. The molecule has 1 aromatic heterocycles. The number of aryl methyl sites for hydroxylation is 2. The summed E-state index contributed by atoms with van der Waals surface area (Å²) in [6, 6.07) is 8.69. The lowest BCUT2D eigenvalue weighted by atomic mass is 10.0. The normalized spacial score (nSPS) is 12.4. The fourth-order valence-corrected chi connectivity index (χ4v) is 2.52. The van der Waals surface area contributed by atoms with Gasteiger partial charge in [0.15, 0.2) is 5.96 Å².